The summed E-state index contributed by atoms with van der Waals surface area (Å²) in [4.78, 5) is 83.9. The van der Waals surface area contributed by atoms with Crippen molar-refractivity contribution in [1.82, 2.24) is 15.1 Å². The number of rotatable bonds is 10. The number of β-amino-alcohol motifs (C(OH)–C–C–N with tert-alkyl or cyclic N) is 1. The zero-order valence-corrected chi connectivity index (χ0v) is 35.8. The first-order chi connectivity index (χ1) is 27.9. The first kappa shape index (κ1) is 46.1. The van der Waals surface area contributed by atoms with Gasteiger partial charge in [-0.25, -0.2) is 9.59 Å². The number of allylic oxidation sites excluding steroid dienone is 3. The largest absolute Gasteiger partial charge is 0.457 e. The van der Waals surface area contributed by atoms with Gasteiger partial charge in [-0.15, -0.1) is 0 Å². The number of thiol groups is 1. The van der Waals surface area contributed by atoms with Crippen LogP contribution in [0.1, 0.15) is 58.1 Å². The Hall–Kier alpha value is -4.00. The Balaban J connectivity index is 1.47. The Bertz CT molecular complexity index is 1880. The number of hydrogen-bond acceptors (Lipinski definition) is 13. The SMILES string of the molecule is C/C1=C\C=C\[C@@H](CO)C2C[C@H](OC(=O)N2)[C@@H](C)[C@@H]2O[C@@]2(C)[C@@H](OC(=O)[C@@H](C)N(C)C(=O)C(CS)C2CC(=O)N(CCO)C2=O)CC(=O)N(C)c2cc(cc(CO)c2Cl)C1. The molecule has 0 saturated carbocycles. The van der Waals surface area contributed by atoms with E-state index in [1.807, 2.05) is 32.1 Å². The molecule has 0 radical (unpaired) electrons. The topological polar surface area (TPSA) is 216 Å². The Labute approximate surface area is 354 Å². The zero-order valence-electron chi connectivity index (χ0n) is 34.1. The number of nitrogens with one attached hydrogen (secondary N) is 1. The van der Waals surface area contributed by atoms with Gasteiger partial charge in [0.05, 0.1) is 61.4 Å². The molecule has 4 heterocycles. The normalized spacial score (nSPS) is 31.3. The van der Waals surface area contributed by atoms with E-state index in [1.165, 1.54) is 25.9 Å². The molecule has 3 unspecified atom stereocenters. The van der Waals surface area contributed by atoms with Gasteiger partial charge in [0.2, 0.25) is 23.6 Å². The maximum atomic E-state index is 14.2. The molecule has 4 N–H and O–H groups in total. The van der Waals surface area contributed by atoms with Crippen LogP contribution in [0.2, 0.25) is 5.02 Å². The number of aliphatic hydroxyl groups is 3. The van der Waals surface area contributed by atoms with E-state index in [4.69, 9.17) is 25.8 Å². The van der Waals surface area contributed by atoms with Gasteiger partial charge in [0.15, 0.2) is 0 Å². The maximum Gasteiger partial charge on any atom is 0.407 e. The summed E-state index contributed by atoms with van der Waals surface area (Å²) in [5.41, 5.74) is 1.12. The lowest BCUT2D eigenvalue weighted by atomic mass is 9.83. The fourth-order valence-corrected chi connectivity index (χ4v) is 8.95. The summed E-state index contributed by atoms with van der Waals surface area (Å²) in [5, 5.41) is 32.9. The molecule has 59 heavy (non-hydrogen) atoms. The average Bonchev–Trinajstić information content (AvgIpc) is 3.83. The Morgan fingerprint density at radius 2 is 1.86 bits per heavy atom. The minimum absolute atomic E-state index is 0.106. The number of imide groups is 1. The molecule has 16 nitrogen and oxygen atoms in total. The van der Waals surface area contributed by atoms with Crippen molar-refractivity contribution in [3.63, 3.8) is 0 Å². The first-order valence-electron chi connectivity index (χ1n) is 19.7. The van der Waals surface area contributed by atoms with Gasteiger partial charge >= 0.3 is 12.1 Å². The molecular formula is C41H55ClN4O12S. The summed E-state index contributed by atoms with van der Waals surface area (Å²) in [6.07, 6.45) is 2.38. The van der Waals surface area contributed by atoms with Crippen LogP contribution in [0.4, 0.5) is 10.5 Å². The van der Waals surface area contributed by atoms with Crippen molar-refractivity contribution in [2.24, 2.45) is 23.7 Å². The fraction of sp³-hybridized carbons (Fsp3) is 0.610. The van der Waals surface area contributed by atoms with Crippen molar-refractivity contribution in [3.8, 4) is 0 Å². The third-order valence-electron chi connectivity index (χ3n) is 12.2. The summed E-state index contributed by atoms with van der Waals surface area (Å²) in [6, 6.07) is 1.78. The number of alkyl carbamates (subject to hydrolysis) is 1. The van der Waals surface area contributed by atoms with Crippen LogP contribution in [0.3, 0.4) is 0 Å². The summed E-state index contributed by atoms with van der Waals surface area (Å²) < 4.78 is 18.1. The molecule has 324 valence electrons. The van der Waals surface area contributed by atoms with Gasteiger partial charge in [-0.3, -0.25) is 24.1 Å². The number of aliphatic hydroxyl groups excluding tert-OH is 3. The number of hydrogen-bond donors (Lipinski definition) is 5. The van der Waals surface area contributed by atoms with Gasteiger partial charge < -0.3 is 44.6 Å². The van der Waals surface area contributed by atoms with Crippen LogP contribution >= 0.6 is 24.2 Å². The first-order valence-corrected chi connectivity index (χ1v) is 20.7. The molecule has 0 aliphatic carbocycles. The molecular weight excluding hydrogens is 808 g/mol. The van der Waals surface area contributed by atoms with Crippen molar-refractivity contribution in [2.75, 3.05) is 44.5 Å². The standard InChI is InChI=1S/C41H55ClN4O12S/c1-21-8-7-9-25(18-48)29-16-31(56-40(55)43-29)22(2)36-41(4,58-36)32(17-33(50)45(6)30-14-24(12-21)13-26(19-49)35(30)42)57-39(54)23(3)44(5)37(52)28(20-59)27-15-34(51)46(10-11-47)38(27)53/h7-9,13-14,22-23,25,27-29,31-32,36,47-49,59H,10-12,15-20H2,1-6H3,(H,43,55)/b9-7+,21-8+/t22-,23-,25+,27?,28?,29?,31+,32+,36+,41+/m1/s1. The number of carbonyl (C=O) groups is 6. The van der Waals surface area contributed by atoms with Crippen LogP contribution in [0.15, 0.2) is 35.9 Å². The van der Waals surface area contributed by atoms with Gasteiger partial charge in [0.1, 0.15) is 23.9 Å². The quantitative estimate of drug-likeness (QED) is 0.0991. The van der Waals surface area contributed by atoms with Crippen molar-refractivity contribution in [2.45, 2.75) is 96.0 Å². The molecule has 4 aliphatic rings. The van der Waals surface area contributed by atoms with Gasteiger partial charge in [-0.2, -0.15) is 12.6 Å². The van der Waals surface area contributed by atoms with E-state index in [2.05, 4.69) is 17.9 Å². The molecule has 5 rings (SSSR count). The van der Waals surface area contributed by atoms with Crippen LogP contribution in [0.5, 0.6) is 0 Å². The predicted molar refractivity (Wildman–Crippen MR) is 218 cm³/mol. The van der Waals surface area contributed by atoms with E-state index in [1.54, 1.807) is 19.1 Å². The average molecular weight is 863 g/mol. The highest BCUT2D eigenvalue weighted by atomic mass is 35.5. The number of anilines is 1. The number of nitrogens with zero attached hydrogens (tertiary/aromatic N) is 3. The predicted octanol–water partition coefficient (Wildman–Crippen LogP) is 2.19. The number of halogens is 1. The van der Waals surface area contributed by atoms with E-state index in [9.17, 15) is 44.1 Å². The minimum Gasteiger partial charge on any atom is -0.457 e. The monoisotopic (exact) mass is 862 g/mol. The second-order valence-electron chi connectivity index (χ2n) is 16.1. The maximum absolute atomic E-state index is 14.2. The van der Waals surface area contributed by atoms with Crippen LogP contribution in [0, 0.1) is 23.7 Å². The number of esters is 1. The summed E-state index contributed by atoms with van der Waals surface area (Å²) in [5.74, 6) is -6.27. The molecule has 4 bridgehead atoms. The molecule has 10 atom stereocenters. The van der Waals surface area contributed by atoms with Gasteiger partial charge in [-0.05, 0) is 44.4 Å². The van der Waals surface area contributed by atoms with Crippen LogP contribution in [-0.4, -0.2) is 136 Å². The third-order valence-corrected chi connectivity index (χ3v) is 13.0. The Morgan fingerprint density at radius 1 is 1.15 bits per heavy atom. The van der Waals surface area contributed by atoms with E-state index >= 15 is 0 Å². The Morgan fingerprint density at radius 3 is 2.51 bits per heavy atom. The number of carbonyl (C=O) groups excluding carboxylic acids is 6. The zero-order chi connectivity index (χ0) is 43.5. The minimum atomic E-state index is -1.27. The van der Waals surface area contributed by atoms with E-state index < -0.39 is 115 Å². The highest BCUT2D eigenvalue weighted by Gasteiger charge is 2.64. The molecule has 4 aliphatic heterocycles. The molecule has 1 aromatic carbocycles. The molecule has 1 aromatic rings. The van der Waals surface area contributed by atoms with E-state index in [0.717, 1.165) is 20.9 Å². The van der Waals surface area contributed by atoms with Crippen molar-refractivity contribution in [3.05, 3.63) is 52.1 Å². The van der Waals surface area contributed by atoms with Gasteiger partial charge in [0.25, 0.3) is 0 Å². The molecule has 18 heteroatoms. The van der Waals surface area contributed by atoms with Crippen molar-refractivity contribution >= 4 is 65.6 Å². The summed E-state index contributed by atoms with van der Waals surface area (Å²) in [6.45, 7) is 5.58. The lowest BCUT2D eigenvalue weighted by molar-refractivity contribution is -0.163. The number of amides is 5. The molecule has 3 saturated heterocycles. The van der Waals surface area contributed by atoms with Crippen molar-refractivity contribution in [1.29, 1.82) is 0 Å². The lowest BCUT2D eigenvalue weighted by Gasteiger charge is -2.36. The highest BCUT2D eigenvalue weighted by Crippen LogP contribution is 2.49. The lowest BCUT2D eigenvalue weighted by Crippen LogP contribution is -2.52. The van der Waals surface area contributed by atoms with Crippen LogP contribution in [-0.2, 0) is 51.2 Å². The van der Waals surface area contributed by atoms with Gasteiger partial charge in [-0.1, -0.05) is 48.4 Å². The van der Waals surface area contributed by atoms with Crippen LogP contribution in [0.25, 0.3) is 0 Å². The highest BCUT2D eigenvalue weighted by molar-refractivity contribution is 7.80. The van der Waals surface area contributed by atoms with E-state index in [-0.39, 0.29) is 30.3 Å². The number of benzene rings is 1. The van der Waals surface area contributed by atoms with Crippen molar-refractivity contribution < 1.29 is 58.3 Å². The van der Waals surface area contributed by atoms with Gasteiger partial charge in [0, 0.05) is 50.6 Å². The molecule has 5 amide bonds. The fourth-order valence-electron chi connectivity index (χ4n) is 8.24. The summed E-state index contributed by atoms with van der Waals surface area (Å²) in [7, 11) is 2.88. The second kappa shape index (κ2) is 19.1. The number of likely N-dealkylation sites (tertiary alicyclic amines) is 1. The second-order valence-corrected chi connectivity index (χ2v) is 16.8. The third kappa shape index (κ3) is 9.81. The number of ether oxygens (including phenoxy) is 3. The number of fused-ring (bicyclic) bond motifs is 5. The van der Waals surface area contributed by atoms with Crippen LogP contribution < -0.4 is 10.2 Å². The molecule has 0 aromatic heterocycles. The Kier molecular flexibility index (Phi) is 15.0. The molecule has 0 spiro atoms. The smallest absolute Gasteiger partial charge is 0.407 e. The molecule has 3 fully saturated rings. The number of epoxide rings is 1. The van der Waals surface area contributed by atoms with E-state index in [0.29, 0.717) is 24.1 Å². The summed E-state index contributed by atoms with van der Waals surface area (Å²) >= 11 is 11.0. The number of likely N-dealkylation sites (N-methyl/N-ethyl adjacent to an activating group) is 1.